The molecule has 1 aliphatic heterocycles. The van der Waals surface area contributed by atoms with E-state index in [9.17, 15) is 17.6 Å². The molecule has 1 amide bonds. The highest BCUT2D eigenvalue weighted by Crippen LogP contribution is 2.23. The first kappa shape index (κ1) is 20.1. The zero-order valence-electron chi connectivity index (χ0n) is 14.2. The lowest BCUT2D eigenvalue weighted by molar-refractivity contribution is -0.131. The first-order valence-electron chi connectivity index (χ1n) is 8.25. The van der Waals surface area contributed by atoms with Crippen molar-refractivity contribution >= 4 is 39.1 Å². The largest absolute Gasteiger partial charge is 0.340 e. The number of carbonyl (C=O) groups excluding carboxylic acids is 1. The molecule has 0 aliphatic carbocycles. The Kier molecular flexibility index (Phi) is 6.05. The number of carbonyl (C=O) groups is 1. The van der Waals surface area contributed by atoms with Crippen LogP contribution in [0.4, 0.5) is 4.39 Å². The van der Waals surface area contributed by atoms with Crippen LogP contribution in [-0.4, -0.2) is 49.7 Å². The van der Waals surface area contributed by atoms with Crippen LogP contribution in [0.25, 0.3) is 0 Å². The molecule has 0 spiro atoms. The maximum Gasteiger partial charge on any atom is 0.243 e. The third kappa shape index (κ3) is 4.60. The number of hydrogen-bond donors (Lipinski definition) is 0. The van der Waals surface area contributed by atoms with Crippen LogP contribution in [0, 0.1) is 5.82 Å². The Morgan fingerprint density at radius 2 is 1.74 bits per heavy atom. The van der Waals surface area contributed by atoms with Gasteiger partial charge in [0.05, 0.1) is 11.3 Å². The Balaban J connectivity index is 1.63. The molecule has 2 aromatic carbocycles. The molecule has 0 atom stereocenters. The van der Waals surface area contributed by atoms with Crippen molar-refractivity contribution in [1.82, 2.24) is 9.21 Å². The lowest BCUT2D eigenvalue weighted by Crippen LogP contribution is -2.50. The van der Waals surface area contributed by atoms with E-state index in [1.807, 2.05) is 0 Å². The lowest BCUT2D eigenvalue weighted by Gasteiger charge is -2.34. The van der Waals surface area contributed by atoms with Crippen molar-refractivity contribution in [2.24, 2.45) is 0 Å². The van der Waals surface area contributed by atoms with Gasteiger partial charge >= 0.3 is 0 Å². The topological polar surface area (TPSA) is 57.7 Å². The van der Waals surface area contributed by atoms with E-state index in [0.717, 1.165) is 6.07 Å². The number of hydrogen-bond acceptors (Lipinski definition) is 3. The second-order valence-electron chi connectivity index (χ2n) is 6.15. The Bertz CT molecular complexity index is 961. The molecule has 0 saturated carbocycles. The summed E-state index contributed by atoms with van der Waals surface area (Å²) in [7, 11) is -3.78. The summed E-state index contributed by atoms with van der Waals surface area (Å²) in [5.41, 5.74) is 0.667. The van der Waals surface area contributed by atoms with Gasteiger partial charge < -0.3 is 4.90 Å². The minimum Gasteiger partial charge on any atom is -0.340 e. The van der Waals surface area contributed by atoms with Crippen LogP contribution in [-0.2, 0) is 21.2 Å². The fourth-order valence-corrected chi connectivity index (χ4v) is 4.82. The Labute approximate surface area is 167 Å². The molecule has 5 nitrogen and oxygen atoms in total. The van der Waals surface area contributed by atoms with Gasteiger partial charge in [0.25, 0.3) is 0 Å². The summed E-state index contributed by atoms with van der Waals surface area (Å²) in [6, 6.07) is 9.85. The average molecular weight is 431 g/mol. The molecular weight excluding hydrogens is 414 g/mol. The van der Waals surface area contributed by atoms with Crippen LogP contribution in [0.15, 0.2) is 47.4 Å². The van der Waals surface area contributed by atoms with Crippen molar-refractivity contribution in [2.45, 2.75) is 11.3 Å². The third-order valence-electron chi connectivity index (χ3n) is 4.38. The summed E-state index contributed by atoms with van der Waals surface area (Å²) in [6.45, 7) is 0.828. The number of rotatable bonds is 4. The monoisotopic (exact) mass is 430 g/mol. The molecular formula is C18H17Cl2FN2O3S. The molecule has 0 unspecified atom stereocenters. The van der Waals surface area contributed by atoms with Crippen molar-refractivity contribution < 1.29 is 17.6 Å². The molecule has 1 saturated heterocycles. The maximum absolute atomic E-state index is 13.3. The summed E-state index contributed by atoms with van der Waals surface area (Å²) in [4.78, 5) is 14.0. The van der Waals surface area contributed by atoms with Gasteiger partial charge in [-0.3, -0.25) is 4.79 Å². The highest BCUT2D eigenvalue weighted by molar-refractivity contribution is 7.89. The highest BCUT2D eigenvalue weighted by atomic mass is 35.5. The number of amides is 1. The number of halogens is 3. The Hall–Kier alpha value is -1.67. The molecule has 1 fully saturated rings. The minimum atomic E-state index is -3.78. The average Bonchev–Trinajstić information content (AvgIpc) is 2.64. The normalized spacial score (nSPS) is 15.7. The van der Waals surface area contributed by atoms with E-state index in [4.69, 9.17) is 23.2 Å². The molecule has 144 valence electrons. The first-order chi connectivity index (χ1) is 12.8. The van der Waals surface area contributed by atoms with E-state index in [2.05, 4.69) is 0 Å². The SMILES string of the molecule is O=C(Cc1ccc(Cl)cc1Cl)N1CCN(S(=O)(=O)c2cccc(F)c2)CC1. The van der Waals surface area contributed by atoms with Crippen molar-refractivity contribution in [3.63, 3.8) is 0 Å². The second kappa shape index (κ2) is 8.14. The fraction of sp³-hybridized carbons (Fsp3) is 0.278. The van der Waals surface area contributed by atoms with Crippen molar-refractivity contribution in [1.29, 1.82) is 0 Å². The number of benzene rings is 2. The molecule has 2 aromatic rings. The van der Waals surface area contributed by atoms with Crippen LogP contribution >= 0.6 is 23.2 Å². The van der Waals surface area contributed by atoms with E-state index >= 15 is 0 Å². The summed E-state index contributed by atoms with van der Waals surface area (Å²) >= 11 is 12.0. The van der Waals surface area contributed by atoms with Gasteiger partial charge in [-0.25, -0.2) is 12.8 Å². The lowest BCUT2D eigenvalue weighted by atomic mass is 10.1. The van der Waals surface area contributed by atoms with Crippen LogP contribution < -0.4 is 0 Å². The minimum absolute atomic E-state index is 0.0878. The van der Waals surface area contributed by atoms with Gasteiger partial charge in [-0.05, 0) is 35.9 Å². The van der Waals surface area contributed by atoms with Crippen LogP contribution in [0.2, 0.25) is 10.0 Å². The molecule has 0 radical (unpaired) electrons. The molecule has 0 aromatic heterocycles. The quantitative estimate of drug-likeness (QED) is 0.747. The van der Waals surface area contributed by atoms with Crippen molar-refractivity contribution in [3.05, 3.63) is 63.9 Å². The van der Waals surface area contributed by atoms with Crippen LogP contribution in [0.1, 0.15) is 5.56 Å². The predicted molar refractivity (Wildman–Crippen MR) is 102 cm³/mol. The Morgan fingerprint density at radius 1 is 1.04 bits per heavy atom. The van der Waals surface area contributed by atoms with Crippen molar-refractivity contribution in [2.75, 3.05) is 26.2 Å². The van der Waals surface area contributed by atoms with Gasteiger partial charge in [0.2, 0.25) is 15.9 Å². The zero-order chi connectivity index (χ0) is 19.6. The van der Waals surface area contributed by atoms with E-state index in [0.29, 0.717) is 15.6 Å². The smallest absolute Gasteiger partial charge is 0.243 e. The zero-order valence-corrected chi connectivity index (χ0v) is 16.6. The number of nitrogens with zero attached hydrogens (tertiary/aromatic N) is 2. The molecule has 0 bridgehead atoms. The van der Waals surface area contributed by atoms with Gasteiger partial charge in [0.1, 0.15) is 5.82 Å². The van der Waals surface area contributed by atoms with Crippen LogP contribution in [0.3, 0.4) is 0 Å². The standard InChI is InChI=1S/C18H17Cl2FN2O3S/c19-14-5-4-13(17(20)11-14)10-18(24)22-6-8-23(9-7-22)27(25,26)16-3-1-2-15(21)12-16/h1-5,11-12H,6-10H2. The number of piperazine rings is 1. The van der Waals surface area contributed by atoms with Gasteiger partial charge in [-0.1, -0.05) is 35.3 Å². The van der Waals surface area contributed by atoms with Crippen molar-refractivity contribution in [3.8, 4) is 0 Å². The summed E-state index contributed by atoms with van der Waals surface area (Å²) in [5.74, 6) is -0.744. The van der Waals surface area contributed by atoms with E-state index < -0.39 is 15.8 Å². The highest BCUT2D eigenvalue weighted by Gasteiger charge is 2.30. The second-order valence-corrected chi connectivity index (χ2v) is 8.94. The summed E-state index contributed by atoms with van der Waals surface area (Å²) < 4.78 is 39.8. The summed E-state index contributed by atoms with van der Waals surface area (Å²) in [5, 5.41) is 0.913. The molecule has 0 N–H and O–H groups in total. The molecule has 1 heterocycles. The molecule has 9 heteroatoms. The number of sulfonamides is 1. The van der Waals surface area contributed by atoms with Gasteiger partial charge in [0.15, 0.2) is 0 Å². The van der Waals surface area contributed by atoms with E-state index in [-0.39, 0.29) is 43.4 Å². The molecule has 1 aliphatic rings. The molecule has 27 heavy (non-hydrogen) atoms. The third-order valence-corrected chi connectivity index (χ3v) is 6.86. The fourth-order valence-electron chi connectivity index (χ4n) is 2.89. The van der Waals surface area contributed by atoms with E-state index in [1.165, 1.54) is 22.5 Å². The Morgan fingerprint density at radius 3 is 2.37 bits per heavy atom. The van der Waals surface area contributed by atoms with Gasteiger partial charge in [-0.2, -0.15) is 4.31 Å². The predicted octanol–water partition coefficient (Wildman–Crippen LogP) is 3.21. The summed E-state index contributed by atoms with van der Waals surface area (Å²) in [6.07, 6.45) is 0.118. The van der Waals surface area contributed by atoms with Crippen LogP contribution in [0.5, 0.6) is 0 Å². The van der Waals surface area contributed by atoms with Gasteiger partial charge in [0, 0.05) is 36.2 Å². The maximum atomic E-state index is 13.3. The molecule has 3 rings (SSSR count). The van der Waals surface area contributed by atoms with Gasteiger partial charge in [-0.15, -0.1) is 0 Å². The first-order valence-corrected chi connectivity index (χ1v) is 10.4. The van der Waals surface area contributed by atoms with E-state index in [1.54, 1.807) is 23.1 Å².